The highest BCUT2D eigenvalue weighted by Crippen LogP contribution is 2.27. The first-order chi connectivity index (χ1) is 10.0. The van der Waals surface area contributed by atoms with E-state index >= 15 is 0 Å². The second-order valence-electron chi connectivity index (χ2n) is 6.10. The molecule has 0 aliphatic heterocycles. The van der Waals surface area contributed by atoms with Gasteiger partial charge in [0.05, 0.1) is 18.7 Å². The van der Waals surface area contributed by atoms with Gasteiger partial charge in [-0.1, -0.05) is 12.1 Å². The van der Waals surface area contributed by atoms with E-state index in [9.17, 15) is 4.79 Å². The average molecular weight is 290 g/mol. The minimum atomic E-state index is 0.00771. The van der Waals surface area contributed by atoms with Crippen molar-refractivity contribution in [2.75, 3.05) is 13.1 Å². The average Bonchev–Trinajstić information content (AvgIpc) is 3.23. The summed E-state index contributed by atoms with van der Waals surface area (Å²) in [6.07, 6.45) is 2.77. The molecule has 1 aromatic rings. The summed E-state index contributed by atoms with van der Waals surface area (Å²) >= 11 is 0. The first-order valence-corrected chi connectivity index (χ1v) is 7.81. The van der Waals surface area contributed by atoms with Crippen LogP contribution in [0.5, 0.6) is 5.75 Å². The Hall–Kier alpha value is -1.55. The Morgan fingerprint density at radius 1 is 1.24 bits per heavy atom. The molecule has 2 N–H and O–H groups in total. The molecule has 1 aliphatic carbocycles. The van der Waals surface area contributed by atoms with Crippen LogP contribution in [0.4, 0.5) is 0 Å². The molecular formula is C17H26N2O2. The van der Waals surface area contributed by atoms with Crippen LogP contribution in [0.15, 0.2) is 24.3 Å². The largest absolute Gasteiger partial charge is 0.491 e. The normalized spacial score (nSPS) is 15.8. The van der Waals surface area contributed by atoms with Crippen LogP contribution in [0.2, 0.25) is 0 Å². The lowest BCUT2D eigenvalue weighted by molar-refractivity contribution is -0.120. The summed E-state index contributed by atoms with van der Waals surface area (Å²) in [5.41, 5.74) is 1.08. The minimum absolute atomic E-state index is 0.00771. The molecule has 116 valence electrons. The molecule has 1 aliphatic rings. The summed E-state index contributed by atoms with van der Waals surface area (Å²) in [6.45, 7) is 7.37. The summed E-state index contributed by atoms with van der Waals surface area (Å²) in [5.74, 6) is 1.70. The van der Waals surface area contributed by atoms with Gasteiger partial charge in [-0.05, 0) is 63.8 Å². The number of rotatable bonds is 8. The van der Waals surface area contributed by atoms with E-state index in [1.807, 2.05) is 45.0 Å². The van der Waals surface area contributed by atoms with Crippen LogP contribution in [0, 0.1) is 5.92 Å². The predicted molar refractivity (Wildman–Crippen MR) is 84.4 cm³/mol. The van der Waals surface area contributed by atoms with Gasteiger partial charge in [0.15, 0.2) is 0 Å². The molecule has 1 saturated carbocycles. The van der Waals surface area contributed by atoms with Crippen molar-refractivity contribution in [2.45, 2.75) is 45.8 Å². The lowest BCUT2D eigenvalue weighted by Crippen LogP contribution is -2.36. The first-order valence-electron chi connectivity index (χ1n) is 7.81. The second kappa shape index (κ2) is 7.46. The van der Waals surface area contributed by atoms with Crippen molar-refractivity contribution >= 4 is 5.91 Å². The summed E-state index contributed by atoms with van der Waals surface area (Å²) in [7, 11) is 0. The molecule has 1 aromatic carbocycles. The van der Waals surface area contributed by atoms with Crippen molar-refractivity contribution in [1.29, 1.82) is 0 Å². The van der Waals surface area contributed by atoms with E-state index in [2.05, 4.69) is 10.6 Å². The van der Waals surface area contributed by atoms with Crippen molar-refractivity contribution in [3.8, 4) is 5.75 Å². The number of carbonyl (C=O) groups is 1. The van der Waals surface area contributed by atoms with E-state index in [4.69, 9.17) is 4.74 Å². The molecule has 1 unspecified atom stereocenters. The molecule has 21 heavy (non-hydrogen) atoms. The Morgan fingerprint density at radius 3 is 2.48 bits per heavy atom. The highest BCUT2D eigenvalue weighted by molar-refractivity contribution is 5.78. The van der Waals surface area contributed by atoms with Crippen LogP contribution < -0.4 is 15.4 Å². The molecule has 0 heterocycles. The Morgan fingerprint density at radius 2 is 1.90 bits per heavy atom. The summed E-state index contributed by atoms with van der Waals surface area (Å²) in [4.78, 5) is 11.8. The van der Waals surface area contributed by atoms with Crippen LogP contribution in [0.3, 0.4) is 0 Å². The predicted octanol–water partition coefficient (Wildman–Crippen LogP) is 2.65. The molecule has 1 fully saturated rings. The molecule has 0 spiro atoms. The van der Waals surface area contributed by atoms with Crippen molar-refractivity contribution in [3.05, 3.63) is 29.8 Å². The zero-order valence-electron chi connectivity index (χ0n) is 13.2. The quantitative estimate of drug-likeness (QED) is 0.774. The fraction of sp³-hybridized carbons (Fsp3) is 0.588. The zero-order valence-corrected chi connectivity index (χ0v) is 13.2. The Labute approximate surface area is 127 Å². The van der Waals surface area contributed by atoms with Gasteiger partial charge in [0, 0.05) is 0 Å². The standard InChI is InChI=1S/C17H26N2O2/c1-12(2)21-16-8-6-15(7-9-16)13(3)19-17(20)11-18-10-14-4-5-14/h6-9,12-14,18H,4-5,10-11H2,1-3H3,(H,19,20). The highest BCUT2D eigenvalue weighted by Gasteiger charge is 2.20. The van der Waals surface area contributed by atoms with E-state index in [-0.39, 0.29) is 18.1 Å². The molecule has 0 aromatic heterocycles. The number of carbonyl (C=O) groups excluding carboxylic acids is 1. The number of hydrogen-bond acceptors (Lipinski definition) is 3. The van der Waals surface area contributed by atoms with Crippen molar-refractivity contribution in [1.82, 2.24) is 10.6 Å². The number of ether oxygens (including phenoxy) is 1. The van der Waals surface area contributed by atoms with Crippen molar-refractivity contribution in [2.24, 2.45) is 5.92 Å². The molecular weight excluding hydrogens is 264 g/mol. The van der Waals surface area contributed by atoms with Gasteiger partial charge in [-0.15, -0.1) is 0 Å². The summed E-state index contributed by atoms with van der Waals surface area (Å²) in [6, 6.07) is 7.90. The van der Waals surface area contributed by atoms with E-state index in [0.717, 1.165) is 23.8 Å². The van der Waals surface area contributed by atoms with Gasteiger partial charge in [0.25, 0.3) is 0 Å². The first kappa shape index (κ1) is 15.8. The number of hydrogen-bond donors (Lipinski definition) is 2. The van der Waals surface area contributed by atoms with Crippen LogP contribution in [-0.4, -0.2) is 25.1 Å². The van der Waals surface area contributed by atoms with Gasteiger partial charge in [0.1, 0.15) is 5.75 Å². The fourth-order valence-corrected chi connectivity index (χ4v) is 2.19. The fourth-order valence-electron chi connectivity index (χ4n) is 2.19. The molecule has 2 rings (SSSR count). The maximum atomic E-state index is 11.8. The Bertz CT molecular complexity index is 452. The lowest BCUT2D eigenvalue weighted by atomic mass is 10.1. The minimum Gasteiger partial charge on any atom is -0.491 e. The van der Waals surface area contributed by atoms with Crippen LogP contribution in [-0.2, 0) is 4.79 Å². The van der Waals surface area contributed by atoms with Gasteiger partial charge >= 0.3 is 0 Å². The molecule has 1 atom stereocenters. The van der Waals surface area contributed by atoms with E-state index in [1.54, 1.807) is 0 Å². The highest BCUT2D eigenvalue weighted by atomic mass is 16.5. The molecule has 0 saturated heterocycles. The Balaban J connectivity index is 1.75. The smallest absolute Gasteiger partial charge is 0.234 e. The third-order valence-electron chi connectivity index (χ3n) is 3.54. The van der Waals surface area contributed by atoms with Gasteiger partial charge < -0.3 is 15.4 Å². The van der Waals surface area contributed by atoms with Crippen molar-refractivity contribution in [3.63, 3.8) is 0 Å². The maximum Gasteiger partial charge on any atom is 0.234 e. The topological polar surface area (TPSA) is 50.4 Å². The van der Waals surface area contributed by atoms with Gasteiger partial charge in [-0.3, -0.25) is 4.79 Å². The monoisotopic (exact) mass is 290 g/mol. The molecule has 4 heteroatoms. The molecule has 0 bridgehead atoms. The lowest BCUT2D eigenvalue weighted by Gasteiger charge is -2.16. The van der Waals surface area contributed by atoms with Crippen LogP contribution >= 0.6 is 0 Å². The van der Waals surface area contributed by atoms with Gasteiger partial charge in [-0.2, -0.15) is 0 Å². The van der Waals surface area contributed by atoms with Crippen LogP contribution in [0.25, 0.3) is 0 Å². The zero-order chi connectivity index (χ0) is 15.2. The number of amides is 1. The maximum absolute atomic E-state index is 11.8. The molecule has 4 nitrogen and oxygen atoms in total. The second-order valence-corrected chi connectivity index (χ2v) is 6.10. The third kappa shape index (κ3) is 5.76. The Kier molecular flexibility index (Phi) is 5.62. The van der Waals surface area contributed by atoms with Gasteiger partial charge in [-0.25, -0.2) is 0 Å². The SMILES string of the molecule is CC(C)Oc1ccc(C(C)NC(=O)CNCC2CC2)cc1. The van der Waals surface area contributed by atoms with E-state index in [0.29, 0.717) is 6.54 Å². The number of nitrogens with one attached hydrogen (secondary N) is 2. The van der Waals surface area contributed by atoms with E-state index in [1.165, 1.54) is 12.8 Å². The van der Waals surface area contributed by atoms with Crippen molar-refractivity contribution < 1.29 is 9.53 Å². The molecule has 0 radical (unpaired) electrons. The summed E-state index contributed by atoms with van der Waals surface area (Å²) < 4.78 is 5.61. The summed E-state index contributed by atoms with van der Waals surface area (Å²) in [5, 5.41) is 6.21. The number of benzene rings is 1. The van der Waals surface area contributed by atoms with E-state index < -0.39 is 0 Å². The third-order valence-corrected chi connectivity index (χ3v) is 3.54. The van der Waals surface area contributed by atoms with Crippen LogP contribution in [0.1, 0.15) is 45.2 Å². The van der Waals surface area contributed by atoms with Gasteiger partial charge in [0.2, 0.25) is 5.91 Å². The molecule has 1 amide bonds.